The number of aromatic nitrogens is 2. The van der Waals surface area contributed by atoms with E-state index in [0.29, 0.717) is 12.4 Å². The van der Waals surface area contributed by atoms with Crippen LogP contribution in [0.3, 0.4) is 0 Å². The minimum atomic E-state index is -0.270. The monoisotopic (exact) mass is 380 g/mol. The fourth-order valence-electron chi connectivity index (χ4n) is 2.70. The summed E-state index contributed by atoms with van der Waals surface area (Å²) in [5.41, 5.74) is 3.31. The number of carbonyl (C=O) groups excluding carboxylic acids is 1. The summed E-state index contributed by atoms with van der Waals surface area (Å²) in [5.74, 6) is 0.358. The van der Waals surface area contributed by atoms with Crippen molar-refractivity contribution in [2.75, 3.05) is 17.2 Å². The van der Waals surface area contributed by atoms with E-state index in [4.69, 9.17) is 11.6 Å². The number of hydrogen-bond acceptors (Lipinski definition) is 4. The molecule has 0 radical (unpaired) electrons. The molecular formula is C21H21ClN4O. The summed E-state index contributed by atoms with van der Waals surface area (Å²) in [5, 5.41) is 6.82. The zero-order valence-corrected chi connectivity index (χ0v) is 15.8. The molecule has 0 saturated heterocycles. The molecular weight excluding hydrogens is 360 g/mol. The van der Waals surface area contributed by atoms with Crippen molar-refractivity contribution in [3.05, 3.63) is 82.8 Å². The van der Waals surface area contributed by atoms with Crippen molar-refractivity contribution < 1.29 is 4.79 Å². The van der Waals surface area contributed by atoms with Gasteiger partial charge >= 0.3 is 0 Å². The standard InChI is InChI=1S/C21H21ClN4O/c1-2-16-7-3-4-9-18(16)26-21(27)19-13-25-20(14-24-19)23-11-10-15-6-5-8-17(22)12-15/h3-9,12-14H,2,10-11H2,1H3,(H,23,25)(H,26,27). The predicted octanol–water partition coefficient (Wildman–Crippen LogP) is 4.60. The van der Waals surface area contributed by atoms with Crippen LogP contribution in [0.15, 0.2) is 60.9 Å². The molecule has 3 aromatic rings. The molecule has 0 bridgehead atoms. The number of hydrogen-bond donors (Lipinski definition) is 2. The fourth-order valence-corrected chi connectivity index (χ4v) is 2.91. The summed E-state index contributed by atoms with van der Waals surface area (Å²) in [4.78, 5) is 20.9. The van der Waals surface area contributed by atoms with Crippen molar-refractivity contribution in [3.63, 3.8) is 0 Å². The van der Waals surface area contributed by atoms with Gasteiger partial charge in [0, 0.05) is 17.3 Å². The Kier molecular flexibility index (Phi) is 6.39. The molecule has 0 aliphatic heterocycles. The van der Waals surface area contributed by atoms with Gasteiger partial charge in [0.1, 0.15) is 11.5 Å². The van der Waals surface area contributed by atoms with E-state index < -0.39 is 0 Å². The van der Waals surface area contributed by atoms with Gasteiger partial charge in [-0.05, 0) is 42.2 Å². The van der Waals surface area contributed by atoms with Crippen molar-refractivity contribution >= 4 is 29.0 Å². The number of benzene rings is 2. The Hall–Kier alpha value is -2.92. The summed E-state index contributed by atoms with van der Waals surface area (Å²) in [7, 11) is 0. The van der Waals surface area contributed by atoms with Crippen LogP contribution in [0.25, 0.3) is 0 Å². The first-order chi connectivity index (χ1) is 13.2. The van der Waals surface area contributed by atoms with Crippen molar-refractivity contribution in [3.8, 4) is 0 Å². The van der Waals surface area contributed by atoms with Crippen molar-refractivity contribution in [1.82, 2.24) is 9.97 Å². The summed E-state index contributed by atoms with van der Waals surface area (Å²) < 4.78 is 0. The van der Waals surface area contributed by atoms with Crippen LogP contribution in [-0.4, -0.2) is 22.4 Å². The molecule has 0 saturated carbocycles. The molecule has 3 rings (SSSR count). The van der Waals surface area contributed by atoms with Gasteiger partial charge in [0.15, 0.2) is 0 Å². The summed E-state index contributed by atoms with van der Waals surface area (Å²) >= 11 is 5.98. The van der Waals surface area contributed by atoms with E-state index >= 15 is 0 Å². The minimum Gasteiger partial charge on any atom is -0.368 e. The number of amides is 1. The molecule has 27 heavy (non-hydrogen) atoms. The zero-order chi connectivity index (χ0) is 19.1. The van der Waals surface area contributed by atoms with Crippen LogP contribution in [0.2, 0.25) is 5.02 Å². The third kappa shape index (κ3) is 5.28. The fraction of sp³-hybridized carbons (Fsp3) is 0.190. The zero-order valence-electron chi connectivity index (χ0n) is 15.1. The summed E-state index contributed by atoms with van der Waals surface area (Å²) in [6, 6.07) is 15.5. The smallest absolute Gasteiger partial charge is 0.275 e. The number of nitrogens with one attached hydrogen (secondary N) is 2. The second kappa shape index (κ2) is 9.14. The summed E-state index contributed by atoms with van der Waals surface area (Å²) in [6.07, 6.45) is 4.71. The van der Waals surface area contributed by atoms with Crippen LogP contribution in [0.5, 0.6) is 0 Å². The van der Waals surface area contributed by atoms with Gasteiger partial charge in [-0.15, -0.1) is 0 Å². The molecule has 0 aliphatic rings. The number of para-hydroxylation sites is 1. The number of rotatable bonds is 7. The Labute approximate surface area is 163 Å². The van der Waals surface area contributed by atoms with E-state index in [1.54, 1.807) is 6.20 Å². The van der Waals surface area contributed by atoms with Crippen LogP contribution in [0.4, 0.5) is 11.5 Å². The average Bonchev–Trinajstić information content (AvgIpc) is 2.69. The van der Waals surface area contributed by atoms with E-state index in [0.717, 1.165) is 34.7 Å². The number of halogens is 1. The first-order valence-corrected chi connectivity index (χ1v) is 9.23. The second-order valence-corrected chi connectivity index (χ2v) is 6.49. The Bertz CT molecular complexity index is 912. The molecule has 5 nitrogen and oxygen atoms in total. The van der Waals surface area contributed by atoms with Crippen LogP contribution < -0.4 is 10.6 Å². The Morgan fingerprint density at radius 3 is 2.67 bits per heavy atom. The first-order valence-electron chi connectivity index (χ1n) is 8.85. The van der Waals surface area contributed by atoms with Gasteiger partial charge in [-0.1, -0.05) is 48.9 Å². The molecule has 2 N–H and O–H groups in total. The average molecular weight is 381 g/mol. The maximum Gasteiger partial charge on any atom is 0.275 e. The minimum absolute atomic E-state index is 0.270. The Morgan fingerprint density at radius 2 is 1.93 bits per heavy atom. The van der Waals surface area contributed by atoms with Gasteiger partial charge in [0.05, 0.1) is 12.4 Å². The van der Waals surface area contributed by atoms with Crippen LogP contribution in [-0.2, 0) is 12.8 Å². The highest BCUT2D eigenvalue weighted by Gasteiger charge is 2.10. The summed E-state index contributed by atoms with van der Waals surface area (Å²) in [6.45, 7) is 2.75. The van der Waals surface area contributed by atoms with Crippen LogP contribution in [0.1, 0.15) is 28.5 Å². The quantitative estimate of drug-likeness (QED) is 0.628. The van der Waals surface area contributed by atoms with Gasteiger partial charge in [-0.3, -0.25) is 4.79 Å². The number of nitrogens with zero attached hydrogens (tertiary/aromatic N) is 2. The number of carbonyl (C=O) groups is 1. The topological polar surface area (TPSA) is 66.9 Å². The van der Waals surface area contributed by atoms with E-state index in [1.165, 1.54) is 6.20 Å². The molecule has 138 valence electrons. The van der Waals surface area contributed by atoms with Gasteiger partial charge in [0.25, 0.3) is 5.91 Å². The lowest BCUT2D eigenvalue weighted by atomic mass is 10.1. The predicted molar refractivity (Wildman–Crippen MR) is 109 cm³/mol. The maximum atomic E-state index is 12.4. The third-order valence-electron chi connectivity index (χ3n) is 4.14. The lowest BCUT2D eigenvalue weighted by Gasteiger charge is -2.10. The van der Waals surface area contributed by atoms with Gasteiger partial charge in [-0.25, -0.2) is 9.97 Å². The van der Waals surface area contributed by atoms with Crippen molar-refractivity contribution in [1.29, 1.82) is 0 Å². The highest BCUT2D eigenvalue weighted by molar-refractivity contribution is 6.30. The molecule has 0 aliphatic carbocycles. The molecule has 1 aromatic heterocycles. The Morgan fingerprint density at radius 1 is 1.07 bits per heavy atom. The molecule has 0 unspecified atom stereocenters. The molecule has 0 atom stereocenters. The molecule has 0 spiro atoms. The van der Waals surface area contributed by atoms with Gasteiger partial charge < -0.3 is 10.6 Å². The second-order valence-electron chi connectivity index (χ2n) is 6.06. The number of anilines is 2. The maximum absolute atomic E-state index is 12.4. The molecule has 0 fully saturated rings. The third-order valence-corrected chi connectivity index (χ3v) is 4.37. The highest BCUT2D eigenvalue weighted by Crippen LogP contribution is 2.16. The van der Waals surface area contributed by atoms with E-state index in [1.807, 2.05) is 48.5 Å². The van der Waals surface area contributed by atoms with Gasteiger partial charge in [0.2, 0.25) is 0 Å². The lowest BCUT2D eigenvalue weighted by molar-refractivity contribution is 0.102. The van der Waals surface area contributed by atoms with E-state index in [9.17, 15) is 4.79 Å². The normalized spacial score (nSPS) is 10.4. The van der Waals surface area contributed by atoms with Gasteiger partial charge in [-0.2, -0.15) is 0 Å². The van der Waals surface area contributed by atoms with Crippen molar-refractivity contribution in [2.24, 2.45) is 0 Å². The van der Waals surface area contributed by atoms with Crippen LogP contribution in [0, 0.1) is 0 Å². The molecule has 6 heteroatoms. The Balaban J connectivity index is 1.55. The van der Waals surface area contributed by atoms with Crippen LogP contribution >= 0.6 is 11.6 Å². The molecule has 1 heterocycles. The number of aryl methyl sites for hydroxylation is 1. The SMILES string of the molecule is CCc1ccccc1NC(=O)c1cnc(NCCc2cccc(Cl)c2)cn1. The molecule has 1 amide bonds. The first kappa shape index (κ1) is 18.9. The van der Waals surface area contributed by atoms with E-state index in [-0.39, 0.29) is 11.6 Å². The van der Waals surface area contributed by atoms with E-state index in [2.05, 4.69) is 27.5 Å². The molecule has 2 aromatic carbocycles. The lowest BCUT2D eigenvalue weighted by Crippen LogP contribution is -2.16. The highest BCUT2D eigenvalue weighted by atomic mass is 35.5. The largest absolute Gasteiger partial charge is 0.368 e. The van der Waals surface area contributed by atoms with Crippen molar-refractivity contribution in [2.45, 2.75) is 19.8 Å².